The lowest BCUT2D eigenvalue weighted by Gasteiger charge is -2.30. The largest absolute Gasteiger partial charge is 0.493 e. The first-order valence-corrected chi connectivity index (χ1v) is 12.2. The summed E-state index contributed by atoms with van der Waals surface area (Å²) >= 11 is 0. The Kier molecular flexibility index (Phi) is 8.79. The van der Waals surface area contributed by atoms with Crippen LogP contribution in [0.2, 0.25) is 0 Å². The van der Waals surface area contributed by atoms with Crippen molar-refractivity contribution in [3.05, 3.63) is 72.1 Å². The highest BCUT2D eigenvalue weighted by Crippen LogP contribution is 2.29. The zero-order chi connectivity index (χ0) is 25.4. The number of aliphatic hydroxyl groups is 1. The molecule has 36 heavy (non-hydrogen) atoms. The fourth-order valence-electron chi connectivity index (χ4n) is 4.30. The van der Waals surface area contributed by atoms with Crippen molar-refractivity contribution in [2.75, 3.05) is 46.6 Å². The molecule has 1 N–H and O–H groups in total. The number of β-amino-alcohol motifs (C(OH)–C–C–N with tert-alkyl or cyclic N) is 1. The number of aryl methyl sites for hydroxylation is 1. The predicted molar refractivity (Wildman–Crippen MR) is 133 cm³/mol. The van der Waals surface area contributed by atoms with Crippen molar-refractivity contribution in [1.82, 2.24) is 14.5 Å². The van der Waals surface area contributed by atoms with Crippen molar-refractivity contribution < 1.29 is 28.4 Å². The lowest BCUT2D eigenvalue weighted by molar-refractivity contribution is -0.0647. The molecule has 1 unspecified atom stereocenters. The molecule has 2 heterocycles. The van der Waals surface area contributed by atoms with Crippen LogP contribution >= 0.6 is 0 Å². The van der Waals surface area contributed by atoms with E-state index < -0.39 is 5.60 Å². The van der Waals surface area contributed by atoms with Crippen molar-refractivity contribution >= 4 is 0 Å². The van der Waals surface area contributed by atoms with Crippen LogP contribution in [-0.4, -0.2) is 71.8 Å². The number of nitrogens with zero attached hydrogens (tertiary/aromatic N) is 3. The van der Waals surface area contributed by atoms with Gasteiger partial charge in [0.05, 0.1) is 26.9 Å². The third kappa shape index (κ3) is 6.96. The second kappa shape index (κ2) is 12.2. The van der Waals surface area contributed by atoms with Gasteiger partial charge in [0.15, 0.2) is 11.5 Å². The molecule has 0 aliphatic carbocycles. The highest BCUT2D eigenvalue weighted by Gasteiger charge is 2.33. The van der Waals surface area contributed by atoms with Crippen LogP contribution in [0, 0.1) is 5.82 Å². The van der Waals surface area contributed by atoms with Gasteiger partial charge >= 0.3 is 0 Å². The van der Waals surface area contributed by atoms with E-state index in [9.17, 15) is 9.50 Å². The summed E-state index contributed by atoms with van der Waals surface area (Å²) in [6, 6.07) is 11.8. The van der Waals surface area contributed by atoms with E-state index in [1.165, 1.54) is 12.1 Å². The van der Waals surface area contributed by atoms with Crippen LogP contribution < -0.4 is 14.2 Å². The number of hydrogen-bond donors (Lipinski definition) is 1. The van der Waals surface area contributed by atoms with E-state index >= 15 is 0 Å². The molecule has 0 saturated carbocycles. The monoisotopic (exact) mass is 499 g/mol. The minimum absolute atomic E-state index is 0.00206. The third-order valence-corrected chi connectivity index (χ3v) is 6.09. The van der Waals surface area contributed by atoms with Crippen molar-refractivity contribution in [2.24, 2.45) is 0 Å². The van der Waals surface area contributed by atoms with Gasteiger partial charge < -0.3 is 28.6 Å². The van der Waals surface area contributed by atoms with E-state index in [4.69, 9.17) is 18.9 Å². The highest BCUT2D eigenvalue weighted by atomic mass is 19.1. The molecule has 8 nitrogen and oxygen atoms in total. The number of rotatable bonds is 11. The number of aromatic nitrogens is 2. The quantitative estimate of drug-likeness (QED) is 0.434. The Morgan fingerprint density at radius 1 is 1.17 bits per heavy atom. The number of imidazole rings is 1. The molecule has 0 bridgehead atoms. The fourth-order valence-corrected chi connectivity index (χ4v) is 4.30. The molecular formula is C27H34FN3O5. The van der Waals surface area contributed by atoms with Crippen LogP contribution in [0.15, 0.2) is 54.9 Å². The average molecular weight is 500 g/mol. The van der Waals surface area contributed by atoms with Gasteiger partial charge in [-0.15, -0.1) is 0 Å². The number of ether oxygens (including phenoxy) is 4. The van der Waals surface area contributed by atoms with Crippen molar-refractivity contribution in [1.29, 1.82) is 0 Å². The molecule has 1 atom stereocenters. The van der Waals surface area contributed by atoms with Gasteiger partial charge in [0, 0.05) is 44.5 Å². The Morgan fingerprint density at radius 3 is 2.86 bits per heavy atom. The fraction of sp³-hybridized carbons (Fsp3) is 0.444. The molecular weight excluding hydrogens is 465 g/mol. The molecule has 1 aromatic heterocycles. The Labute approximate surface area is 211 Å². The second-order valence-electron chi connectivity index (χ2n) is 8.96. The van der Waals surface area contributed by atoms with Gasteiger partial charge in [-0.25, -0.2) is 9.37 Å². The molecule has 0 radical (unpaired) electrons. The first-order valence-electron chi connectivity index (χ1n) is 12.2. The molecule has 194 valence electrons. The van der Waals surface area contributed by atoms with Gasteiger partial charge in [0.1, 0.15) is 36.2 Å². The summed E-state index contributed by atoms with van der Waals surface area (Å²) in [6.45, 7) is 5.49. The van der Waals surface area contributed by atoms with Gasteiger partial charge in [-0.05, 0) is 29.8 Å². The average Bonchev–Trinajstić information content (AvgIpc) is 3.25. The Balaban J connectivity index is 1.38. The SMILES string of the molecule is CCc1nccn1CCOc1cc(CN2CCOCC(O)(COc3cccc(F)c3)C2)ccc1OC. The van der Waals surface area contributed by atoms with Crippen LogP contribution in [0.25, 0.3) is 0 Å². The second-order valence-corrected chi connectivity index (χ2v) is 8.96. The van der Waals surface area contributed by atoms with Crippen LogP contribution in [0.3, 0.4) is 0 Å². The van der Waals surface area contributed by atoms with Gasteiger partial charge in [-0.2, -0.15) is 0 Å². The Hall–Kier alpha value is -3.14. The molecule has 1 aliphatic rings. The van der Waals surface area contributed by atoms with E-state index in [1.807, 2.05) is 24.4 Å². The first-order chi connectivity index (χ1) is 17.5. The van der Waals surface area contributed by atoms with Gasteiger partial charge in [-0.1, -0.05) is 19.1 Å². The molecule has 4 rings (SSSR count). The van der Waals surface area contributed by atoms with E-state index in [1.54, 1.807) is 25.4 Å². The summed E-state index contributed by atoms with van der Waals surface area (Å²) in [7, 11) is 1.62. The maximum absolute atomic E-state index is 13.5. The lowest BCUT2D eigenvalue weighted by atomic mass is 10.1. The molecule has 0 amide bonds. The molecule has 1 saturated heterocycles. The summed E-state index contributed by atoms with van der Waals surface area (Å²) in [5, 5.41) is 11.2. The van der Waals surface area contributed by atoms with Crippen LogP contribution in [-0.2, 0) is 24.2 Å². The summed E-state index contributed by atoms with van der Waals surface area (Å²) < 4.78 is 38.5. The number of halogens is 1. The number of methoxy groups -OCH3 is 1. The maximum Gasteiger partial charge on any atom is 0.161 e. The number of benzene rings is 2. The molecule has 3 aromatic rings. The van der Waals surface area contributed by atoms with E-state index in [0.29, 0.717) is 56.6 Å². The van der Waals surface area contributed by atoms with Gasteiger partial charge in [0.25, 0.3) is 0 Å². The molecule has 1 aliphatic heterocycles. The van der Waals surface area contributed by atoms with Crippen molar-refractivity contribution in [3.63, 3.8) is 0 Å². The van der Waals surface area contributed by atoms with E-state index in [-0.39, 0.29) is 19.0 Å². The summed E-state index contributed by atoms with van der Waals surface area (Å²) in [5.74, 6) is 2.35. The smallest absolute Gasteiger partial charge is 0.161 e. The maximum atomic E-state index is 13.5. The Bertz CT molecular complexity index is 1120. The topological polar surface area (TPSA) is 78.2 Å². The Morgan fingerprint density at radius 2 is 2.06 bits per heavy atom. The third-order valence-electron chi connectivity index (χ3n) is 6.09. The molecule has 0 spiro atoms. The minimum Gasteiger partial charge on any atom is -0.493 e. The first kappa shape index (κ1) is 25.9. The molecule has 1 fully saturated rings. The highest BCUT2D eigenvalue weighted by molar-refractivity contribution is 5.43. The zero-order valence-corrected chi connectivity index (χ0v) is 20.9. The standard InChI is InChI=1S/C27H34FN3O5/c1-3-26-29-9-10-31(26)12-14-35-25-15-21(7-8-24(25)33-2)17-30-11-13-34-19-27(32,18-30)20-36-23-6-4-5-22(28)16-23/h4-10,15-16,32H,3,11-14,17-20H2,1-2H3. The van der Waals surface area contributed by atoms with E-state index in [0.717, 1.165) is 17.8 Å². The lowest BCUT2D eigenvalue weighted by Crippen LogP contribution is -2.48. The minimum atomic E-state index is -1.23. The van der Waals surface area contributed by atoms with Crippen LogP contribution in [0.4, 0.5) is 4.39 Å². The van der Waals surface area contributed by atoms with Crippen LogP contribution in [0.1, 0.15) is 18.3 Å². The van der Waals surface area contributed by atoms with E-state index in [2.05, 4.69) is 21.4 Å². The van der Waals surface area contributed by atoms with Crippen LogP contribution in [0.5, 0.6) is 17.2 Å². The summed E-state index contributed by atoms with van der Waals surface area (Å²) in [4.78, 5) is 6.47. The summed E-state index contributed by atoms with van der Waals surface area (Å²) in [5.41, 5.74) is -0.200. The zero-order valence-electron chi connectivity index (χ0n) is 20.9. The van der Waals surface area contributed by atoms with Gasteiger partial charge in [-0.3, -0.25) is 4.90 Å². The van der Waals surface area contributed by atoms with Gasteiger partial charge in [0.2, 0.25) is 0 Å². The normalized spacial score (nSPS) is 18.6. The number of hydrogen-bond acceptors (Lipinski definition) is 7. The predicted octanol–water partition coefficient (Wildman–Crippen LogP) is 3.31. The summed E-state index contributed by atoms with van der Waals surface area (Å²) in [6.07, 6.45) is 4.62. The molecule has 9 heteroatoms. The van der Waals surface area contributed by atoms with Crippen molar-refractivity contribution in [3.8, 4) is 17.2 Å². The molecule has 2 aromatic carbocycles. The van der Waals surface area contributed by atoms with Crippen molar-refractivity contribution in [2.45, 2.75) is 32.0 Å².